The highest BCUT2D eigenvalue weighted by atomic mass is 79.9. The van der Waals surface area contributed by atoms with Gasteiger partial charge in [0.15, 0.2) is 0 Å². The molecule has 5 heteroatoms. The number of hydrogen-bond donors (Lipinski definition) is 0. The summed E-state index contributed by atoms with van der Waals surface area (Å²) in [5, 5.41) is 3.50. The third kappa shape index (κ3) is 1.84. The Morgan fingerprint density at radius 3 is 3.29 bits per heavy atom. The van der Waals surface area contributed by atoms with Crippen molar-refractivity contribution in [3.05, 3.63) is 38.7 Å². The van der Waals surface area contributed by atoms with Gasteiger partial charge in [0.25, 0.3) is 0 Å². The zero-order valence-corrected chi connectivity index (χ0v) is 8.94. The van der Waals surface area contributed by atoms with Crippen molar-refractivity contribution in [3.8, 4) is 5.75 Å². The van der Waals surface area contributed by atoms with Gasteiger partial charge < -0.3 is 4.74 Å². The fourth-order valence-corrected chi connectivity index (χ4v) is 1.93. The summed E-state index contributed by atoms with van der Waals surface area (Å²) < 4.78 is 6.62. The molecule has 1 aromatic carbocycles. The maximum Gasteiger partial charge on any atom is 0.123 e. The second-order valence-electron chi connectivity index (χ2n) is 3.11. The van der Waals surface area contributed by atoms with Crippen LogP contribution < -0.4 is 4.74 Å². The smallest absolute Gasteiger partial charge is 0.123 e. The van der Waals surface area contributed by atoms with Crippen molar-refractivity contribution in [1.82, 2.24) is 0 Å². The molecular formula is C9H8BrN3O. The van der Waals surface area contributed by atoms with Gasteiger partial charge >= 0.3 is 0 Å². The Morgan fingerprint density at radius 1 is 1.64 bits per heavy atom. The van der Waals surface area contributed by atoms with Gasteiger partial charge in [0.2, 0.25) is 0 Å². The molecule has 0 fully saturated rings. The average Bonchev–Trinajstić information content (AvgIpc) is 2.56. The third-order valence-electron chi connectivity index (χ3n) is 2.11. The van der Waals surface area contributed by atoms with Crippen molar-refractivity contribution in [2.24, 2.45) is 5.11 Å². The van der Waals surface area contributed by atoms with Gasteiger partial charge in [-0.15, -0.1) is 0 Å². The predicted octanol–water partition coefficient (Wildman–Crippen LogP) is 3.06. The van der Waals surface area contributed by atoms with Gasteiger partial charge in [0.1, 0.15) is 11.9 Å². The molecule has 0 saturated heterocycles. The van der Waals surface area contributed by atoms with Crippen LogP contribution in [0.15, 0.2) is 27.8 Å². The van der Waals surface area contributed by atoms with Crippen LogP contribution in [0.25, 0.3) is 10.4 Å². The third-order valence-corrected chi connectivity index (χ3v) is 2.61. The molecule has 0 spiro atoms. The highest BCUT2D eigenvalue weighted by molar-refractivity contribution is 9.10. The lowest BCUT2D eigenvalue weighted by molar-refractivity contribution is 0.241. The van der Waals surface area contributed by atoms with E-state index in [1.165, 1.54) is 0 Å². The first-order chi connectivity index (χ1) is 6.79. The van der Waals surface area contributed by atoms with Gasteiger partial charge in [-0.2, -0.15) is 0 Å². The molecule has 4 nitrogen and oxygen atoms in total. The zero-order chi connectivity index (χ0) is 9.97. The highest BCUT2D eigenvalue weighted by Gasteiger charge is 2.21. The van der Waals surface area contributed by atoms with Crippen LogP contribution in [0, 0.1) is 0 Å². The molecule has 1 aliphatic heterocycles. The van der Waals surface area contributed by atoms with E-state index in [1.807, 2.05) is 18.2 Å². The number of hydrogen-bond acceptors (Lipinski definition) is 2. The summed E-state index contributed by atoms with van der Waals surface area (Å²) in [6, 6.07) is 5.90. The molecule has 2 rings (SSSR count). The molecule has 0 bridgehead atoms. The molecule has 1 atom stereocenters. The topological polar surface area (TPSA) is 58.0 Å². The molecule has 0 amide bonds. The molecular weight excluding hydrogens is 246 g/mol. The number of fused-ring (bicyclic) bond motifs is 1. The molecule has 0 N–H and O–H groups in total. The minimum atomic E-state index is -0.00444. The van der Waals surface area contributed by atoms with E-state index < -0.39 is 0 Å². The number of halogens is 1. The van der Waals surface area contributed by atoms with Crippen LogP contribution >= 0.6 is 15.9 Å². The van der Waals surface area contributed by atoms with Crippen LogP contribution in [0.5, 0.6) is 5.75 Å². The lowest BCUT2D eigenvalue weighted by atomic mass is 10.1. The molecule has 0 radical (unpaired) electrons. The number of nitrogens with zero attached hydrogens (tertiary/aromatic N) is 3. The normalized spacial score (nSPS) is 18.2. The predicted molar refractivity (Wildman–Crippen MR) is 56.3 cm³/mol. The van der Waals surface area contributed by atoms with Crippen LogP contribution in [0.1, 0.15) is 5.56 Å². The van der Waals surface area contributed by atoms with Gasteiger partial charge in [-0.05, 0) is 29.3 Å². The Balaban J connectivity index is 2.13. The maximum atomic E-state index is 8.18. The van der Waals surface area contributed by atoms with Crippen LogP contribution in [0.3, 0.4) is 0 Å². The lowest BCUT2D eigenvalue weighted by Crippen LogP contribution is -2.16. The van der Waals surface area contributed by atoms with Gasteiger partial charge in [-0.25, -0.2) is 0 Å². The summed E-state index contributed by atoms with van der Waals surface area (Å²) in [6.45, 7) is 0.392. The van der Waals surface area contributed by atoms with Gasteiger partial charge in [0.05, 0.1) is 6.54 Å². The molecule has 0 unspecified atom stereocenters. The van der Waals surface area contributed by atoms with Crippen LogP contribution in [-0.2, 0) is 6.42 Å². The zero-order valence-electron chi connectivity index (χ0n) is 7.35. The second kappa shape index (κ2) is 3.90. The van der Waals surface area contributed by atoms with E-state index in [-0.39, 0.29) is 6.10 Å². The summed E-state index contributed by atoms with van der Waals surface area (Å²) in [5.74, 6) is 0.895. The number of rotatable bonds is 2. The summed E-state index contributed by atoms with van der Waals surface area (Å²) in [4.78, 5) is 2.72. The quantitative estimate of drug-likeness (QED) is 0.454. The summed E-state index contributed by atoms with van der Waals surface area (Å²) >= 11 is 3.40. The van der Waals surface area contributed by atoms with Crippen molar-refractivity contribution in [3.63, 3.8) is 0 Å². The Bertz CT molecular complexity index is 401. The van der Waals surface area contributed by atoms with Crippen molar-refractivity contribution < 1.29 is 4.74 Å². The van der Waals surface area contributed by atoms with Gasteiger partial charge in [-0.3, -0.25) is 0 Å². The van der Waals surface area contributed by atoms with E-state index in [4.69, 9.17) is 10.3 Å². The number of azide groups is 1. The van der Waals surface area contributed by atoms with E-state index in [0.717, 1.165) is 22.2 Å². The average molecular weight is 254 g/mol. The van der Waals surface area contributed by atoms with Crippen LogP contribution in [-0.4, -0.2) is 12.6 Å². The Labute approximate surface area is 89.6 Å². The molecule has 1 heterocycles. The van der Waals surface area contributed by atoms with E-state index in [2.05, 4.69) is 26.0 Å². The molecule has 1 aliphatic rings. The molecule has 0 saturated carbocycles. The second-order valence-corrected chi connectivity index (χ2v) is 4.03. The Hall–Kier alpha value is -1.19. The monoisotopic (exact) mass is 253 g/mol. The first-order valence-corrected chi connectivity index (χ1v) is 5.05. The fourth-order valence-electron chi connectivity index (χ4n) is 1.52. The largest absolute Gasteiger partial charge is 0.490 e. The first kappa shape index (κ1) is 9.37. The minimum absolute atomic E-state index is 0.00444. The van der Waals surface area contributed by atoms with E-state index in [9.17, 15) is 0 Å². The summed E-state index contributed by atoms with van der Waals surface area (Å²) in [7, 11) is 0. The van der Waals surface area contributed by atoms with E-state index in [0.29, 0.717) is 6.54 Å². The molecule has 1 aromatic rings. The molecule has 72 valence electrons. The molecule has 0 aliphatic carbocycles. The maximum absolute atomic E-state index is 8.18. The summed E-state index contributed by atoms with van der Waals surface area (Å²) in [5.41, 5.74) is 9.35. The highest BCUT2D eigenvalue weighted by Crippen LogP contribution is 2.31. The van der Waals surface area contributed by atoms with Crippen molar-refractivity contribution in [1.29, 1.82) is 0 Å². The van der Waals surface area contributed by atoms with Crippen molar-refractivity contribution in [2.75, 3.05) is 6.54 Å². The van der Waals surface area contributed by atoms with E-state index in [1.54, 1.807) is 0 Å². The van der Waals surface area contributed by atoms with Crippen molar-refractivity contribution >= 4 is 15.9 Å². The van der Waals surface area contributed by atoms with Crippen molar-refractivity contribution in [2.45, 2.75) is 12.5 Å². The summed E-state index contributed by atoms with van der Waals surface area (Å²) in [6.07, 6.45) is 0.809. The standard InChI is InChI=1S/C9H8BrN3O/c10-7-1-2-9-6(3-7)4-8(14-9)5-12-13-11/h1-3,8H,4-5H2/t8-/m0/s1. The SMILES string of the molecule is [N-]=[N+]=NC[C@@H]1Cc2cc(Br)ccc2O1. The lowest BCUT2D eigenvalue weighted by Gasteiger charge is -2.05. The van der Waals surface area contributed by atoms with Crippen LogP contribution in [0.4, 0.5) is 0 Å². The number of benzene rings is 1. The molecule has 0 aromatic heterocycles. The van der Waals surface area contributed by atoms with E-state index >= 15 is 0 Å². The Kier molecular flexibility index (Phi) is 2.61. The Morgan fingerprint density at radius 2 is 2.50 bits per heavy atom. The van der Waals surface area contributed by atoms with Gasteiger partial charge in [-0.1, -0.05) is 21.0 Å². The fraction of sp³-hybridized carbons (Fsp3) is 0.333. The van der Waals surface area contributed by atoms with Crippen LogP contribution in [0.2, 0.25) is 0 Å². The van der Waals surface area contributed by atoms with Gasteiger partial charge in [0, 0.05) is 15.8 Å². The first-order valence-electron chi connectivity index (χ1n) is 4.25. The number of ether oxygens (including phenoxy) is 1. The minimum Gasteiger partial charge on any atom is -0.490 e. The molecule has 14 heavy (non-hydrogen) atoms.